The smallest absolute Gasteiger partial charge is 0.406 e. The Morgan fingerprint density at radius 2 is 2.27 bits per heavy atom. The standard InChI is InChI=1S/C9H12N2O4/c1-6(12)7(2)15-8-4-3-5-10-9(8)11(13)14/h3-7,12H,1-2H3. The largest absolute Gasteiger partial charge is 0.480 e. The van der Waals surface area contributed by atoms with Crippen LogP contribution in [0, 0.1) is 10.1 Å². The van der Waals surface area contributed by atoms with E-state index in [1.54, 1.807) is 13.8 Å². The summed E-state index contributed by atoms with van der Waals surface area (Å²) in [5.41, 5.74) is 0. The fourth-order valence-corrected chi connectivity index (χ4v) is 0.910. The van der Waals surface area contributed by atoms with Crippen LogP contribution >= 0.6 is 0 Å². The van der Waals surface area contributed by atoms with E-state index in [-0.39, 0.29) is 11.6 Å². The van der Waals surface area contributed by atoms with E-state index in [1.165, 1.54) is 18.3 Å². The SMILES string of the molecule is CC(O)C(C)Oc1cccnc1[N+](=O)[O-]. The number of aromatic nitrogens is 1. The molecule has 1 aromatic heterocycles. The Balaban J connectivity index is 2.89. The lowest BCUT2D eigenvalue weighted by molar-refractivity contribution is -0.390. The summed E-state index contributed by atoms with van der Waals surface area (Å²) in [4.78, 5) is 13.5. The average molecular weight is 212 g/mol. The molecule has 0 spiro atoms. The van der Waals surface area contributed by atoms with Gasteiger partial charge in [0.25, 0.3) is 0 Å². The normalized spacial score (nSPS) is 14.3. The van der Waals surface area contributed by atoms with Gasteiger partial charge in [0.2, 0.25) is 5.75 Å². The van der Waals surface area contributed by atoms with Crippen molar-refractivity contribution in [2.75, 3.05) is 0 Å². The summed E-state index contributed by atoms with van der Waals surface area (Å²) in [6.45, 7) is 3.17. The van der Waals surface area contributed by atoms with E-state index in [0.29, 0.717) is 0 Å². The molecule has 1 aromatic rings. The molecule has 0 amide bonds. The van der Waals surface area contributed by atoms with Gasteiger partial charge >= 0.3 is 5.82 Å². The number of aliphatic hydroxyl groups is 1. The number of nitro groups is 1. The Bertz CT molecular complexity index is 354. The molecule has 0 saturated heterocycles. The van der Waals surface area contributed by atoms with Gasteiger partial charge in [0.05, 0.1) is 6.10 Å². The lowest BCUT2D eigenvalue weighted by Gasteiger charge is -2.16. The fourth-order valence-electron chi connectivity index (χ4n) is 0.910. The van der Waals surface area contributed by atoms with Gasteiger partial charge in [0.1, 0.15) is 12.3 Å². The van der Waals surface area contributed by atoms with Crippen molar-refractivity contribution < 1.29 is 14.8 Å². The third-order valence-electron chi connectivity index (χ3n) is 1.92. The fraction of sp³-hybridized carbons (Fsp3) is 0.444. The van der Waals surface area contributed by atoms with E-state index in [2.05, 4.69) is 4.98 Å². The molecule has 6 nitrogen and oxygen atoms in total. The van der Waals surface area contributed by atoms with Gasteiger partial charge in [-0.2, -0.15) is 0 Å². The highest BCUT2D eigenvalue weighted by Gasteiger charge is 2.19. The van der Waals surface area contributed by atoms with Crippen molar-refractivity contribution in [1.29, 1.82) is 0 Å². The molecule has 2 unspecified atom stereocenters. The van der Waals surface area contributed by atoms with E-state index in [9.17, 15) is 15.2 Å². The highest BCUT2D eigenvalue weighted by atomic mass is 16.6. The van der Waals surface area contributed by atoms with Crippen LogP contribution in [0.5, 0.6) is 5.75 Å². The topological polar surface area (TPSA) is 85.5 Å². The summed E-state index contributed by atoms with van der Waals surface area (Å²) in [7, 11) is 0. The quantitative estimate of drug-likeness (QED) is 0.597. The molecule has 6 heteroatoms. The van der Waals surface area contributed by atoms with E-state index in [4.69, 9.17) is 4.74 Å². The van der Waals surface area contributed by atoms with Gasteiger partial charge in [-0.05, 0) is 35.9 Å². The Hall–Kier alpha value is -1.69. The van der Waals surface area contributed by atoms with Crippen molar-refractivity contribution in [3.63, 3.8) is 0 Å². The second-order valence-corrected chi connectivity index (χ2v) is 3.15. The molecule has 2 atom stereocenters. The van der Waals surface area contributed by atoms with Gasteiger partial charge in [-0.25, -0.2) is 0 Å². The molecule has 0 fully saturated rings. The first-order valence-corrected chi connectivity index (χ1v) is 4.46. The van der Waals surface area contributed by atoms with Crippen LogP contribution in [0.25, 0.3) is 0 Å². The Kier molecular flexibility index (Phi) is 3.56. The number of nitrogens with zero attached hydrogens (tertiary/aromatic N) is 2. The molecule has 0 aliphatic rings. The summed E-state index contributed by atoms with van der Waals surface area (Å²) in [5, 5.41) is 19.8. The van der Waals surface area contributed by atoms with Crippen LogP contribution in [0.4, 0.5) is 5.82 Å². The minimum Gasteiger partial charge on any atom is -0.480 e. The first kappa shape index (κ1) is 11.4. The number of rotatable bonds is 4. The molecular formula is C9H12N2O4. The average Bonchev–Trinajstić information content (AvgIpc) is 2.18. The van der Waals surface area contributed by atoms with Crippen LogP contribution in [-0.2, 0) is 0 Å². The van der Waals surface area contributed by atoms with E-state index in [1.807, 2.05) is 0 Å². The summed E-state index contributed by atoms with van der Waals surface area (Å²) in [6, 6.07) is 2.99. The number of pyridine rings is 1. The highest BCUT2D eigenvalue weighted by molar-refractivity contribution is 5.38. The number of hydrogen-bond acceptors (Lipinski definition) is 5. The maximum Gasteiger partial charge on any atom is 0.406 e. The monoisotopic (exact) mass is 212 g/mol. The maximum atomic E-state index is 10.6. The second kappa shape index (κ2) is 4.70. The molecule has 1 rings (SSSR count). The van der Waals surface area contributed by atoms with Gasteiger partial charge < -0.3 is 20.0 Å². The number of ether oxygens (including phenoxy) is 1. The number of aliphatic hydroxyl groups excluding tert-OH is 1. The van der Waals surface area contributed by atoms with Crippen molar-refractivity contribution in [2.45, 2.75) is 26.1 Å². The molecule has 1 heterocycles. The zero-order chi connectivity index (χ0) is 11.4. The molecule has 0 aromatic carbocycles. The van der Waals surface area contributed by atoms with Gasteiger partial charge in [-0.1, -0.05) is 0 Å². The van der Waals surface area contributed by atoms with E-state index < -0.39 is 17.1 Å². The van der Waals surface area contributed by atoms with Crippen LogP contribution in [0.1, 0.15) is 13.8 Å². The molecule has 0 aliphatic heterocycles. The molecule has 82 valence electrons. The van der Waals surface area contributed by atoms with Crippen molar-refractivity contribution >= 4 is 5.82 Å². The van der Waals surface area contributed by atoms with Crippen LogP contribution in [0.2, 0.25) is 0 Å². The minimum atomic E-state index is -0.704. The predicted octanol–water partition coefficient (Wildman–Crippen LogP) is 1.14. The molecular weight excluding hydrogens is 200 g/mol. The van der Waals surface area contributed by atoms with Crippen molar-refractivity contribution in [3.05, 3.63) is 28.4 Å². The maximum absolute atomic E-state index is 10.6. The lowest BCUT2D eigenvalue weighted by Crippen LogP contribution is -2.25. The van der Waals surface area contributed by atoms with Gasteiger partial charge in [-0.15, -0.1) is 0 Å². The van der Waals surface area contributed by atoms with E-state index in [0.717, 1.165) is 0 Å². The van der Waals surface area contributed by atoms with Crippen molar-refractivity contribution in [1.82, 2.24) is 4.98 Å². The Labute approximate surface area is 86.7 Å². The molecule has 0 saturated carbocycles. The van der Waals surface area contributed by atoms with Crippen LogP contribution in [0.15, 0.2) is 18.3 Å². The molecule has 0 aliphatic carbocycles. The first-order valence-electron chi connectivity index (χ1n) is 4.46. The van der Waals surface area contributed by atoms with Crippen LogP contribution < -0.4 is 4.74 Å². The van der Waals surface area contributed by atoms with Gasteiger partial charge in [-0.3, -0.25) is 0 Å². The van der Waals surface area contributed by atoms with Crippen LogP contribution in [0.3, 0.4) is 0 Å². The summed E-state index contributed by atoms with van der Waals surface area (Å²) in [5.74, 6) is -0.277. The zero-order valence-corrected chi connectivity index (χ0v) is 8.45. The number of hydrogen-bond donors (Lipinski definition) is 1. The summed E-state index contributed by atoms with van der Waals surface area (Å²) < 4.78 is 5.21. The Morgan fingerprint density at radius 3 is 2.80 bits per heavy atom. The third kappa shape index (κ3) is 2.88. The summed E-state index contributed by atoms with van der Waals surface area (Å²) in [6.07, 6.45) is 0.0932. The first-order chi connectivity index (χ1) is 7.02. The summed E-state index contributed by atoms with van der Waals surface area (Å²) >= 11 is 0. The second-order valence-electron chi connectivity index (χ2n) is 3.15. The molecule has 1 N–H and O–H groups in total. The molecule has 0 bridgehead atoms. The molecule has 0 radical (unpaired) electrons. The molecule has 15 heavy (non-hydrogen) atoms. The van der Waals surface area contributed by atoms with Crippen molar-refractivity contribution in [3.8, 4) is 5.75 Å². The van der Waals surface area contributed by atoms with Gasteiger partial charge in [0.15, 0.2) is 0 Å². The van der Waals surface area contributed by atoms with Crippen molar-refractivity contribution in [2.24, 2.45) is 0 Å². The third-order valence-corrected chi connectivity index (χ3v) is 1.92. The van der Waals surface area contributed by atoms with Gasteiger partial charge in [0, 0.05) is 0 Å². The minimum absolute atomic E-state index is 0.0656. The lowest BCUT2D eigenvalue weighted by atomic mass is 10.2. The highest BCUT2D eigenvalue weighted by Crippen LogP contribution is 2.24. The van der Waals surface area contributed by atoms with Crippen LogP contribution in [-0.4, -0.2) is 27.2 Å². The van der Waals surface area contributed by atoms with E-state index >= 15 is 0 Å². The predicted molar refractivity (Wildman–Crippen MR) is 52.7 cm³/mol. The zero-order valence-electron chi connectivity index (χ0n) is 8.45. The Morgan fingerprint density at radius 1 is 1.60 bits per heavy atom.